The van der Waals surface area contributed by atoms with Crippen molar-refractivity contribution in [3.05, 3.63) is 24.3 Å². The molecule has 0 aliphatic carbocycles. The van der Waals surface area contributed by atoms with Crippen LogP contribution in [0, 0.1) is 0 Å². The average Bonchev–Trinajstić information content (AvgIpc) is 2.28. The molecule has 4 nitrogen and oxygen atoms in total. The molecule has 0 aromatic heterocycles. The Hall–Kier alpha value is -1.42. The van der Waals surface area contributed by atoms with Gasteiger partial charge < -0.3 is 19.4 Å². The van der Waals surface area contributed by atoms with Crippen molar-refractivity contribution in [3.63, 3.8) is 0 Å². The molecule has 5 heteroatoms. The summed E-state index contributed by atoms with van der Waals surface area (Å²) in [6.45, 7) is 1.84. The first-order chi connectivity index (χ1) is 7.63. The minimum Gasteiger partial charge on any atom is -0.546 e. The maximum atomic E-state index is 10.4. The molecule has 0 radical (unpaired) electrons. The van der Waals surface area contributed by atoms with Gasteiger partial charge in [0.2, 0.25) is 0 Å². The van der Waals surface area contributed by atoms with E-state index < -0.39 is 12.1 Å². The molecule has 1 atom stereocenters. The smallest absolute Gasteiger partial charge is 0.135 e. The van der Waals surface area contributed by atoms with Gasteiger partial charge in [-0.05, 0) is 31.2 Å². The highest BCUT2D eigenvalue weighted by molar-refractivity contribution is 6.17. The molecule has 1 aromatic rings. The number of halogens is 1. The number of ether oxygens (including phenoxy) is 2. The summed E-state index contributed by atoms with van der Waals surface area (Å²) in [5.41, 5.74) is 0. The first-order valence-corrected chi connectivity index (χ1v) is 5.33. The zero-order valence-electron chi connectivity index (χ0n) is 8.81. The number of hydrogen-bond donors (Lipinski definition) is 0. The molecule has 0 saturated heterocycles. The predicted octanol–water partition coefficient (Wildman–Crippen LogP) is 0.821. The molecule has 1 unspecified atom stereocenters. The zero-order chi connectivity index (χ0) is 12.0. The first-order valence-electron chi connectivity index (χ1n) is 4.80. The van der Waals surface area contributed by atoms with Gasteiger partial charge in [0.15, 0.2) is 0 Å². The second-order valence-electron chi connectivity index (χ2n) is 3.09. The van der Waals surface area contributed by atoms with E-state index in [-0.39, 0.29) is 0 Å². The Kier molecular flexibility index (Phi) is 4.92. The van der Waals surface area contributed by atoms with E-state index in [0.29, 0.717) is 24.0 Å². The van der Waals surface area contributed by atoms with Crippen LogP contribution in [0.4, 0.5) is 0 Å². The van der Waals surface area contributed by atoms with Gasteiger partial charge in [-0.1, -0.05) is 0 Å². The lowest BCUT2D eigenvalue weighted by Crippen LogP contribution is -2.37. The van der Waals surface area contributed by atoms with Crippen LogP contribution in [0.25, 0.3) is 0 Å². The van der Waals surface area contributed by atoms with Gasteiger partial charge in [0.05, 0.1) is 11.8 Å². The van der Waals surface area contributed by atoms with Crippen molar-refractivity contribution >= 4 is 17.6 Å². The highest BCUT2D eigenvalue weighted by Crippen LogP contribution is 2.18. The SMILES string of the molecule is CC(Oc1ccc(OCCCl)cc1)C(=O)[O-]. The van der Waals surface area contributed by atoms with Crippen molar-refractivity contribution in [3.8, 4) is 11.5 Å². The molecule has 0 heterocycles. The Balaban J connectivity index is 2.54. The first kappa shape index (κ1) is 12.6. The lowest BCUT2D eigenvalue weighted by molar-refractivity contribution is -0.312. The summed E-state index contributed by atoms with van der Waals surface area (Å²) in [5, 5.41) is 10.4. The fourth-order valence-electron chi connectivity index (χ4n) is 1.02. The van der Waals surface area contributed by atoms with Crippen LogP contribution in [0.1, 0.15) is 6.92 Å². The Morgan fingerprint density at radius 3 is 2.44 bits per heavy atom. The number of rotatable bonds is 6. The van der Waals surface area contributed by atoms with Crippen LogP contribution in [-0.4, -0.2) is 24.6 Å². The van der Waals surface area contributed by atoms with Gasteiger partial charge in [0, 0.05) is 0 Å². The van der Waals surface area contributed by atoms with E-state index >= 15 is 0 Å². The molecular weight excluding hydrogens is 232 g/mol. The van der Waals surface area contributed by atoms with Crippen molar-refractivity contribution in [2.45, 2.75) is 13.0 Å². The van der Waals surface area contributed by atoms with E-state index in [9.17, 15) is 9.90 Å². The maximum Gasteiger partial charge on any atom is 0.135 e. The van der Waals surface area contributed by atoms with Crippen molar-refractivity contribution in [1.29, 1.82) is 0 Å². The molecule has 0 aliphatic rings. The summed E-state index contributed by atoms with van der Waals surface area (Å²) >= 11 is 5.46. The van der Waals surface area contributed by atoms with E-state index in [1.165, 1.54) is 6.92 Å². The number of benzene rings is 1. The van der Waals surface area contributed by atoms with Gasteiger partial charge in [-0.15, -0.1) is 11.6 Å². The number of carbonyl (C=O) groups excluding carboxylic acids is 1. The third-order valence-corrected chi connectivity index (χ3v) is 1.97. The predicted molar refractivity (Wildman–Crippen MR) is 57.8 cm³/mol. The Morgan fingerprint density at radius 1 is 1.38 bits per heavy atom. The molecule has 0 saturated carbocycles. The lowest BCUT2D eigenvalue weighted by atomic mass is 10.3. The molecule has 0 amide bonds. The van der Waals surface area contributed by atoms with Gasteiger partial charge >= 0.3 is 0 Å². The monoisotopic (exact) mass is 243 g/mol. The Labute approximate surface area is 98.7 Å². The quantitative estimate of drug-likeness (QED) is 0.694. The van der Waals surface area contributed by atoms with Crippen molar-refractivity contribution in [2.24, 2.45) is 0 Å². The highest BCUT2D eigenvalue weighted by atomic mass is 35.5. The van der Waals surface area contributed by atoms with Gasteiger partial charge in [-0.25, -0.2) is 0 Å². The average molecular weight is 244 g/mol. The van der Waals surface area contributed by atoms with Crippen LogP contribution < -0.4 is 14.6 Å². The topological polar surface area (TPSA) is 58.6 Å². The van der Waals surface area contributed by atoms with Gasteiger partial charge in [-0.2, -0.15) is 0 Å². The number of carboxylic acid groups (broad SMARTS) is 1. The summed E-state index contributed by atoms with van der Waals surface area (Å²) in [6.07, 6.45) is -0.977. The molecule has 0 fully saturated rings. The Bertz CT molecular complexity index is 336. The second-order valence-corrected chi connectivity index (χ2v) is 3.47. The molecule has 1 aromatic carbocycles. The summed E-state index contributed by atoms with van der Waals surface area (Å²) < 4.78 is 10.3. The molecule has 0 bridgehead atoms. The van der Waals surface area contributed by atoms with E-state index in [2.05, 4.69) is 0 Å². The molecule has 0 N–H and O–H groups in total. The zero-order valence-corrected chi connectivity index (χ0v) is 9.57. The van der Waals surface area contributed by atoms with Gasteiger partial charge in [0.1, 0.15) is 24.2 Å². The summed E-state index contributed by atoms with van der Waals surface area (Å²) in [6, 6.07) is 6.62. The van der Waals surface area contributed by atoms with E-state index in [4.69, 9.17) is 21.1 Å². The summed E-state index contributed by atoms with van der Waals surface area (Å²) in [7, 11) is 0. The maximum absolute atomic E-state index is 10.4. The van der Waals surface area contributed by atoms with Crippen LogP contribution in [0.5, 0.6) is 11.5 Å². The number of hydrogen-bond acceptors (Lipinski definition) is 4. The normalized spacial score (nSPS) is 11.9. The van der Waals surface area contributed by atoms with Crippen molar-refractivity contribution < 1.29 is 19.4 Å². The van der Waals surface area contributed by atoms with Crippen LogP contribution in [0.3, 0.4) is 0 Å². The van der Waals surface area contributed by atoms with Crippen LogP contribution in [0.15, 0.2) is 24.3 Å². The van der Waals surface area contributed by atoms with Crippen LogP contribution in [-0.2, 0) is 4.79 Å². The van der Waals surface area contributed by atoms with E-state index in [0.717, 1.165) is 0 Å². The third kappa shape index (κ3) is 3.98. The van der Waals surface area contributed by atoms with E-state index in [1.807, 2.05) is 0 Å². The highest BCUT2D eigenvalue weighted by Gasteiger charge is 2.04. The van der Waals surface area contributed by atoms with Crippen molar-refractivity contribution in [2.75, 3.05) is 12.5 Å². The minimum atomic E-state index is -1.25. The number of aliphatic carboxylic acids is 1. The molecule has 16 heavy (non-hydrogen) atoms. The summed E-state index contributed by atoms with van der Waals surface area (Å²) in [4.78, 5) is 10.4. The second kappa shape index (κ2) is 6.23. The Morgan fingerprint density at radius 2 is 1.94 bits per heavy atom. The van der Waals surface area contributed by atoms with Gasteiger partial charge in [0.25, 0.3) is 0 Å². The number of carbonyl (C=O) groups is 1. The van der Waals surface area contributed by atoms with E-state index in [1.54, 1.807) is 24.3 Å². The lowest BCUT2D eigenvalue weighted by Gasteiger charge is -2.15. The number of carboxylic acids is 1. The fraction of sp³-hybridized carbons (Fsp3) is 0.364. The molecule has 88 valence electrons. The number of alkyl halides is 1. The molecule has 0 aliphatic heterocycles. The third-order valence-electron chi connectivity index (χ3n) is 1.81. The van der Waals surface area contributed by atoms with Crippen LogP contribution >= 0.6 is 11.6 Å². The molecule has 1 rings (SSSR count). The fourth-order valence-corrected chi connectivity index (χ4v) is 1.10. The molecule has 0 spiro atoms. The minimum absolute atomic E-state index is 0.417. The molecular formula is C11H12ClO4-. The van der Waals surface area contributed by atoms with Crippen LogP contribution in [0.2, 0.25) is 0 Å². The largest absolute Gasteiger partial charge is 0.546 e. The summed E-state index contributed by atoms with van der Waals surface area (Å²) in [5.74, 6) is 0.284. The standard InChI is InChI=1S/C11H13ClO4/c1-8(11(13)14)16-10-4-2-9(3-5-10)15-7-6-12/h2-5,8H,6-7H2,1H3,(H,13,14)/p-1. The van der Waals surface area contributed by atoms with Gasteiger partial charge in [-0.3, -0.25) is 0 Å². The van der Waals surface area contributed by atoms with Crippen molar-refractivity contribution in [1.82, 2.24) is 0 Å².